The highest BCUT2D eigenvalue weighted by Crippen LogP contribution is 2.46. The van der Waals surface area contributed by atoms with E-state index < -0.39 is 62.6 Å². The molecule has 3 aromatic rings. The molecule has 5 amide bonds. The highest BCUT2D eigenvalue weighted by Gasteiger charge is 2.62. The molecule has 6 aliphatic rings. The number of para-hydroxylation sites is 1. The third kappa shape index (κ3) is 7.58. The molecule has 3 aliphatic carbocycles. The van der Waals surface area contributed by atoms with Crippen LogP contribution in [0.15, 0.2) is 55.3 Å². The Morgan fingerprint density at radius 2 is 1.83 bits per heavy atom. The van der Waals surface area contributed by atoms with E-state index >= 15 is 4.79 Å². The normalized spacial score (nSPS) is 29.9. The first-order valence-electron chi connectivity index (χ1n) is 21.1. The smallest absolute Gasteiger partial charge is 0.318 e. The zero-order valence-corrected chi connectivity index (χ0v) is 34.3. The number of sulfonamides is 1. The van der Waals surface area contributed by atoms with Gasteiger partial charge in [-0.05, 0) is 69.4 Å². The number of carbonyl (C=O) groups excluding carboxylic acids is 4. The lowest BCUT2D eigenvalue weighted by atomic mass is 9.96. The Morgan fingerprint density at radius 3 is 2.59 bits per heavy atom. The Morgan fingerprint density at radius 1 is 1.03 bits per heavy atom. The van der Waals surface area contributed by atoms with Gasteiger partial charge in [0, 0.05) is 48.9 Å². The molecule has 5 heterocycles. The summed E-state index contributed by atoms with van der Waals surface area (Å²) in [5.74, 6) is -2.10. The largest absolute Gasteiger partial charge is 0.471 e. The number of nitrogens with one attached hydrogen (secondary N) is 3. The van der Waals surface area contributed by atoms with Crippen molar-refractivity contribution in [3.05, 3.63) is 60.8 Å². The number of amides is 5. The minimum absolute atomic E-state index is 0.0192. The predicted octanol–water partition coefficient (Wildman–Crippen LogP) is 3.83. The summed E-state index contributed by atoms with van der Waals surface area (Å²) in [6, 6.07) is 5.51. The van der Waals surface area contributed by atoms with Crippen molar-refractivity contribution in [2.24, 2.45) is 11.8 Å². The van der Waals surface area contributed by atoms with Gasteiger partial charge in [-0.3, -0.25) is 19.1 Å². The van der Waals surface area contributed by atoms with Gasteiger partial charge in [0.1, 0.15) is 29.2 Å². The highest BCUT2D eigenvalue weighted by atomic mass is 32.2. The highest BCUT2D eigenvalue weighted by molar-refractivity contribution is 7.91. The van der Waals surface area contributed by atoms with Crippen LogP contribution in [0.1, 0.15) is 69.8 Å². The number of ether oxygens (including phenoxy) is 2. The summed E-state index contributed by atoms with van der Waals surface area (Å²) in [6.45, 7) is 7.74. The van der Waals surface area contributed by atoms with Crippen molar-refractivity contribution >= 4 is 55.6 Å². The van der Waals surface area contributed by atoms with Gasteiger partial charge in [0.05, 0.1) is 30.0 Å². The molecule has 1 unspecified atom stereocenters. The van der Waals surface area contributed by atoms with Gasteiger partial charge >= 0.3 is 6.03 Å². The average molecular weight is 828 g/mol. The van der Waals surface area contributed by atoms with E-state index in [-0.39, 0.29) is 37.4 Å². The van der Waals surface area contributed by atoms with Crippen LogP contribution in [0.5, 0.6) is 5.88 Å². The summed E-state index contributed by atoms with van der Waals surface area (Å²) in [5.41, 5.74) is 1.03. The first-order valence-corrected chi connectivity index (χ1v) is 22.7. The standard InChI is InChI=1S/C43H53N7O8S/c1-3-28-22-43(28,41(53)47-59(55,56)31-16-17-31)46-38(51)34-21-30-25-50(34)40(52)36(27-11-4-5-12-27)45-42(54)49-19-10-13-29(24-49)57-20-9-8-18-48-23-26(2)35-32-14-6-7-15-33(32)44-39(58-30)37(35)48/h3,6-9,14-15,23,27-31,34,36H,1,4-5,10-13,16-22,24-25H2,2H3,(H,45,54)(H,46,51)(H,47,53)/b9-8-/t28-,29?,30-,34+,36+,43-/m1/s1. The van der Waals surface area contributed by atoms with E-state index in [1.807, 2.05) is 36.4 Å². The van der Waals surface area contributed by atoms with Crippen molar-refractivity contribution in [3.63, 3.8) is 0 Å². The van der Waals surface area contributed by atoms with Crippen LogP contribution in [-0.2, 0) is 35.7 Å². The fourth-order valence-electron chi connectivity index (χ4n) is 9.77. The molecule has 16 heteroatoms. The molecule has 2 saturated heterocycles. The summed E-state index contributed by atoms with van der Waals surface area (Å²) in [6.07, 6.45) is 12.9. The van der Waals surface area contributed by atoms with Crippen LogP contribution in [0.3, 0.4) is 0 Å². The number of aryl methyl sites for hydroxylation is 1. The number of nitrogens with zero attached hydrogens (tertiary/aromatic N) is 4. The number of benzene rings is 1. The number of hydrogen-bond acceptors (Lipinski definition) is 9. The zero-order chi connectivity index (χ0) is 41.1. The third-order valence-corrected chi connectivity index (χ3v) is 15.0. The van der Waals surface area contributed by atoms with E-state index in [1.54, 1.807) is 4.90 Å². The van der Waals surface area contributed by atoms with Crippen LogP contribution in [0.4, 0.5) is 4.79 Å². The topological polar surface area (TPSA) is 181 Å². The van der Waals surface area contributed by atoms with E-state index in [0.717, 1.165) is 65.9 Å². The minimum Gasteiger partial charge on any atom is -0.471 e. The van der Waals surface area contributed by atoms with Crippen LogP contribution in [0.25, 0.3) is 21.8 Å². The maximum absolute atomic E-state index is 15.1. The maximum Gasteiger partial charge on any atom is 0.318 e. The number of allylic oxidation sites excluding steroid dienone is 1. The Balaban J connectivity index is 1.09. The fourth-order valence-corrected chi connectivity index (χ4v) is 11.1. The van der Waals surface area contributed by atoms with E-state index in [4.69, 9.17) is 14.5 Å². The quantitative estimate of drug-likeness (QED) is 0.299. The van der Waals surface area contributed by atoms with Crippen molar-refractivity contribution in [1.29, 1.82) is 0 Å². The first-order chi connectivity index (χ1) is 28.5. The molecule has 15 nitrogen and oxygen atoms in total. The van der Waals surface area contributed by atoms with Gasteiger partial charge in [-0.15, -0.1) is 6.58 Å². The van der Waals surface area contributed by atoms with Crippen LogP contribution >= 0.6 is 0 Å². The summed E-state index contributed by atoms with van der Waals surface area (Å²) in [7, 11) is -3.90. The molecular weight excluding hydrogens is 775 g/mol. The van der Waals surface area contributed by atoms with Gasteiger partial charge < -0.3 is 34.5 Å². The lowest BCUT2D eigenvalue weighted by Crippen LogP contribution is -2.60. The van der Waals surface area contributed by atoms with Gasteiger partial charge in [0.15, 0.2) is 0 Å². The molecule has 1 aromatic carbocycles. The molecule has 3 N–H and O–H groups in total. The van der Waals surface area contributed by atoms with Crippen LogP contribution in [-0.4, -0.2) is 113 Å². The number of rotatable bonds is 7. The molecule has 0 spiro atoms. The molecule has 3 saturated carbocycles. The summed E-state index contributed by atoms with van der Waals surface area (Å²) < 4.78 is 43.1. The van der Waals surface area contributed by atoms with Crippen molar-refractivity contribution in [2.75, 3.05) is 26.2 Å². The summed E-state index contributed by atoms with van der Waals surface area (Å²) in [4.78, 5) is 65.6. The Labute approximate surface area is 344 Å². The second kappa shape index (κ2) is 15.6. The average Bonchev–Trinajstić information content (AvgIpc) is 4.05. The SMILES string of the molecule is C=C[C@@H]1C[C@]1(NC(=O)[C@@H]1C[C@@H]2CN1C(=O)[C@H](C1CCCC1)NC(=O)N1CCCC(C1)OC/C=C\Cn1cc(C)c3c4ccccc4nc(c31)O2)C(=O)NS(=O)(=O)C1CC1. The molecular formula is C43H53N7O8S. The van der Waals surface area contributed by atoms with Crippen LogP contribution in [0, 0.1) is 18.8 Å². The lowest BCUT2D eigenvalue weighted by molar-refractivity contribution is -0.142. The van der Waals surface area contributed by atoms with E-state index in [1.165, 1.54) is 11.0 Å². The molecule has 5 fully saturated rings. The molecule has 314 valence electrons. The number of piperidine rings is 1. The molecule has 2 aromatic heterocycles. The third-order valence-electron chi connectivity index (χ3n) is 13.2. The molecule has 9 rings (SSSR count). The Kier molecular flexibility index (Phi) is 10.4. The number of hydrogen-bond donors (Lipinski definition) is 3. The monoisotopic (exact) mass is 827 g/mol. The number of carbonyl (C=O) groups is 4. The molecule has 4 bridgehead atoms. The van der Waals surface area contributed by atoms with Crippen molar-refractivity contribution in [1.82, 2.24) is 34.7 Å². The van der Waals surface area contributed by atoms with Gasteiger partial charge in [-0.1, -0.05) is 49.3 Å². The van der Waals surface area contributed by atoms with E-state index in [2.05, 4.69) is 39.6 Å². The van der Waals surface area contributed by atoms with E-state index in [0.29, 0.717) is 45.0 Å². The van der Waals surface area contributed by atoms with Gasteiger partial charge in [0.25, 0.3) is 5.91 Å². The Bertz CT molecular complexity index is 2340. The molecule has 3 aliphatic heterocycles. The first kappa shape index (κ1) is 39.5. The van der Waals surface area contributed by atoms with Crippen molar-refractivity contribution in [3.8, 4) is 5.88 Å². The molecule has 59 heavy (non-hydrogen) atoms. The number of urea groups is 1. The second-order valence-electron chi connectivity index (χ2n) is 17.3. The Hall–Kier alpha value is -4.96. The van der Waals surface area contributed by atoms with E-state index in [9.17, 15) is 22.8 Å². The van der Waals surface area contributed by atoms with Gasteiger partial charge in [0.2, 0.25) is 27.7 Å². The maximum atomic E-state index is 15.1. The predicted molar refractivity (Wildman–Crippen MR) is 220 cm³/mol. The summed E-state index contributed by atoms with van der Waals surface area (Å²) in [5, 5.41) is 7.33. The number of pyridine rings is 1. The van der Waals surface area contributed by atoms with Gasteiger partial charge in [-0.2, -0.15) is 0 Å². The molecule has 0 radical (unpaired) electrons. The lowest BCUT2D eigenvalue weighted by Gasteiger charge is -2.36. The summed E-state index contributed by atoms with van der Waals surface area (Å²) >= 11 is 0. The number of aromatic nitrogens is 2. The number of fused-ring (bicyclic) bond motifs is 6. The van der Waals surface area contributed by atoms with Crippen molar-refractivity contribution in [2.45, 2.75) is 113 Å². The second-order valence-corrected chi connectivity index (χ2v) is 19.2. The van der Waals surface area contributed by atoms with Crippen molar-refractivity contribution < 1.29 is 37.1 Å². The zero-order valence-electron chi connectivity index (χ0n) is 33.4. The fraction of sp³-hybridized carbons (Fsp3) is 0.558. The molecule has 6 atom stereocenters. The van der Waals surface area contributed by atoms with Crippen LogP contribution in [0.2, 0.25) is 0 Å². The minimum atomic E-state index is -3.90. The van der Waals surface area contributed by atoms with Gasteiger partial charge in [-0.25, -0.2) is 18.2 Å². The van der Waals surface area contributed by atoms with Crippen LogP contribution < -0.4 is 20.1 Å².